The summed E-state index contributed by atoms with van der Waals surface area (Å²) < 4.78 is 26.5. The van der Waals surface area contributed by atoms with E-state index in [1.165, 1.54) is 4.31 Å². The van der Waals surface area contributed by atoms with Crippen LogP contribution in [-0.4, -0.2) is 51.0 Å². The molecule has 0 fully saturated rings. The number of benzene rings is 3. The smallest absolute Gasteiger partial charge is 0.242 e. The van der Waals surface area contributed by atoms with Gasteiger partial charge in [-0.3, -0.25) is 13.9 Å². The molecule has 1 unspecified atom stereocenters. The number of rotatable bonds is 12. The average molecular weight is 591 g/mol. The van der Waals surface area contributed by atoms with Crippen molar-refractivity contribution in [2.24, 2.45) is 0 Å². The third-order valence-electron chi connectivity index (χ3n) is 6.35. The average Bonchev–Trinajstić information content (AvgIpc) is 2.89. The van der Waals surface area contributed by atoms with Gasteiger partial charge in [0.2, 0.25) is 21.8 Å². The molecule has 39 heavy (non-hydrogen) atoms. The fourth-order valence-corrected chi connectivity index (χ4v) is 5.78. The van der Waals surface area contributed by atoms with E-state index in [0.29, 0.717) is 22.2 Å². The molecular formula is C29H33Cl2N3O4S. The van der Waals surface area contributed by atoms with Crippen molar-refractivity contribution in [2.45, 2.75) is 38.8 Å². The van der Waals surface area contributed by atoms with E-state index >= 15 is 0 Å². The minimum absolute atomic E-state index is 0.0362. The highest BCUT2D eigenvalue weighted by Gasteiger charge is 2.30. The summed E-state index contributed by atoms with van der Waals surface area (Å²) in [7, 11) is -2.09. The van der Waals surface area contributed by atoms with Crippen LogP contribution < -0.4 is 9.62 Å². The van der Waals surface area contributed by atoms with Crippen LogP contribution in [0.3, 0.4) is 0 Å². The van der Waals surface area contributed by atoms with E-state index in [1.807, 2.05) is 36.4 Å². The van der Waals surface area contributed by atoms with E-state index in [0.717, 1.165) is 22.9 Å². The summed E-state index contributed by atoms with van der Waals surface area (Å²) in [6, 6.07) is 20.9. The number of nitrogens with zero attached hydrogens (tertiary/aromatic N) is 2. The maximum absolute atomic E-state index is 13.7. The molecule has 3 rings (SSSR count). The number of halogens is 2. The predicted octanol–water partition coefficient (Wildman–Crippen LogP) is 5.23. The Labute approximate surface area is 240 Å². The first kappa shape index (κ1) is 30.5. The van der Waals surface area contributed by atoms with Gasteiger partial charge in [0.15, 0.2) is 0 Å². The number of hydrogen-bond donors (Lipinski definition) is 1. The van der Waals surface area contributed by atoms with Crippen LogP contribution in [-0.2, 0) is 32.6 Å². The van der Waals surface area contributed by atoms with Crippen LogP contribution in [0.15, 0.2) is 72.8 Å². The molecule has 2 amide bonds. The second kappa shape index (κ2) is 13.8. The molecule has 3 aromatic carbocycles. The molecule has 10 heteroatoms. The SMILES string of the molecule is CNC(=O)C(Cc1ccccc1)N(Cc1cccc(Cl)c1)C(=O)CCCN(c1cc(Cl)ccc1C)S(C)(=O)=O. The van der Waals surface area contributed by atoms with E-state index in [1.54, 1.807) is 55.3 Å². The number of anilines is 1. The summed E-state index contributed by atoms with van der Waals surface area (Å²) in [6.07, 6.45) is 1.73. The largest absolute Gasteiger partial charge is 0.357 e. The van der Waals surface area contributed by atoms with Crippen LogP contribution >= 0.6 is 23.2 Å². The van der Waals surface area contributed by atoms with Crippen LogP contribution in [0, 0.1) is 6.92 Å². The first-order valence-electron chi connectivity index (χ1n) is 12.5. The molecule has 0 aromatic heterocycles. The van der Waals surface area contributed by atoms with Crippen molar-refractivity contribution in [3.8, 4) is 0 Å². The predicted molar refractivity (Wildman–Crippen MR) is 158 cm³/mol. The van der Waals surface area contributed by atoms with Gasteiger partial charge in [-0.1, -0.05) is 71.7 Å². The molecular weight excluding hydrogens is 557 g/mol. The first-order valence-corrected chi connectivity index (χ1v) is 15.1. The van der Waals surface area contributed by atoms with Gasteiger partial charge in [0, 0.05) is 43.0 Å². The minimum atomic E-state index is -3.63. The van der Waals surface area contributed by atoms with Gasteiger partial charge < -0.3 is 10.2 Å². The Bertz CT molecular complexity index is 1400. The summed E-state index contributed by atoms with van der Waals surface area (Å²) in [5.41, 5.74) is 2.92. The molecule has 0 aliphatic heterocycles. The van der Waals surface area contributed by atoms with Crippen LogP contribution in [0.5, 0.6) is 0 Å². The third kappa shape index (κ3) is 8.71. The number of aryl methyl sites for hydroxylation is 1. The molecule has 0 bridgehead atoms. The lowest BCUT2D eigenvalue weighted by Gasteiger charge is -2.31. The summed E-state index contributed by atoms with van der Waals surface area (Å²) in [5.74, 6) is -0.558. The Morgan fingerprint density at radius 2 is 1.59 bits per heavy atom. The third-order valence-corrected chi connectivity index (χ3v) is 8.00. The normalized spacial score (nSPS) is 12.0. The van der Waals surface area contributed by atoms with Crippen LogP contribution in [0.1, 0.15) is 29.5 Å². The maximum atomic E-state index is 13.7. The molecule has 3 aromatic rings. The topological polar surface area (TPSA) is 86.8 Å². The Kier molecular flexibility index (Phi) is 10.8. The summed E-state index contributed by atoms with van der Waals surface area (Å²) in [6.45, 7) is 2.06. The lowest BCUT2D eigenvalue weighted by molar-refractivity contribution is -0.141. The molecule has 0 saturated heterocycles. The van der Waals surface area contributed by atoms with Crippen LogP contribution in [0.2, 0.25) is 10.0 Å². The molecule has 0 spiro atoms. The van der Waals surface area contributed by atoms with E-state index in [4.69, 9.17) is 23.2 Å². The number of carbonyl (C=O) groups excluding carboxylic acids is 2. The van der Waals surface area contributed by atoms with E-state index in [-0.39, 0.29) is 37.7 Å². The van der Waals surface area contributed by atoms with Gasteiger partial charge in [-0.15, -0.1) is 0 Å². The lowest BCUT2D eigenvalue weighted by Crippen LogP contribution is -2.49. The molecule has 0 saturated carbocycles. The number of amides is 2. The highest BCUT2D eigenvalue weighted by molar-refractivity contribution is 7.92. The van der Waals surface area contributed by atoms with Gasteiger partial charge in [0.25, 0.3) is 0 Å². The Morgan fingerprint density at radius 3 is 2.23 bits per heavy atom. The van der Waals surface area contributed by atoms with E-state index < -0.39 is 16.1 Å². The van der Waals surface area contributed by atoms with Gasteiger partial charge >= 0.3 is 0 Å². The van der Waals surface area contributed by atoms with Gasteiger partial charge in [-0.05, 0) is 54.3 Å². The van der Waals surface area contributed by atoms with Crippen LogP contribution in [0.25, 0.3) is 0 Å². The quantitative estimate of drug-likeness (QED) is 0.313. The number of nitrogens with one attached hydrogen (secondary N) is 1. The molecule has 0 radical (unpaired) electrons. The fourth-order valence-electron chi connectivity index (χ4n) is 4.39. The first-order chi connectivity index (χ1) is 18.5. The van der Waals surface area contributed by atoms with Crippen molar-refractivity contribution in [1.82, 2.24) is 10.2 Å². The summed E-state index contributed by atoms with van der Waals surface area (Å²) in [4.78, 5) is 28.3. The summed E-state index contributed by atoms with van der Waals surface area (Å²) >= 11 is 12.3. The van der Waals surface area contributed by atoms with Crippen molar-refractivity contribution in [1.29, 1.82) is 0 Å². The second-order valence-electron chi connectivity index (χ2n) is 9.34. The van der Waals surface area contributed by atoms with Gasteiger partial charge in [-0.2, -0.15) is 0 Å². The number of sulfonamides is 1. The van der Waals surface area contributed by atoms with E-state index in [2.05, 4.69) is 5.32 Å². The Balaban J connectivity index is 1.86. The van der Waals surface area contributed by atoms with E-state index in [9.17, 15) is 18.0 Å². The van der Waals surface area contributed by atoms with Crippen LogP contribution in [0.4, 0.5) is 5.69 Å². The molecule has 1 N–H and O–H groups in total. The molecule has 7 nitrogen and oxygen atoms in total. The lowest BCUT2D eigenvalue weighted by atomic mass is 10.0. The maximum Gasteiger partial charge on any atom is 0.242 e. The van der Waals surface area contributed by atoms with Gasteiger partial charge in [0.1, 0.15) is 6.04 Å². The molecule has 0 heterocycles. The fraction of sp³-hybridized carbons (Fsp3) is 0.310. The molecule has 0 aliphatic rings. The van der Waals surface area contributed by atoms with Crippen molar-refractivity contribution in [3.05, 3.63) is 99.5 Å². The monoisotopic (exact) mass is 589 g/mol. The molecule has 0 aliphatic carbocycles. The molecule has 1 atom stereocenters. The van der Waals surface area contributed by atoms with Crippen molar-refractivity contribution >= 4 is 50.7 Å². The van der Waals surface area contributed by atoms with Gasteiger partial charge in [0.05, 0.1) is 11.9 Å². The standard InChI is InChI=1S/C29H33Cl2N3O4S/c1-21-14-15-25(31)19-26(21)34(39(3,37)38)16-8-13-28(35)33(20-23-11-7-12-24(30)17-23)27(29(36)32-2)18-22-9-5-4-6-10-22/h4-7,9-12,14-15,17,19,27H,8,13,16,18,20H2,1-3H3,(H,32,36). The highest BCUT2D eigenvalue weighted by atomic mass is 35.5. The zero-order chi connectivity index (χ0) is 28.6. The number of hydrogen-bond acceptors (Lipinski definition) is 4. The van der Waals surface area contributed by atoms with Crippen molar-refractivity contribution < 1.29 is 18.0 Å². The number of likely N-dealkylation sites (N-methyl/N-ethyl adjacent to an activating group) is 1. The summed E-state index contributed by atoms with van der Waals surface area (Å²) in [5, 5.41) is 3.63. The number of carbonyl (C=O) groups is 2. The Hall–Kier alpha value is -3.07. The minimum Gasteiger partial charge on any atom is -0.357 e. The zero-order valence-electron chi connectivity index (χ0n) is 22.2. The van der Waals surface area contributed by atoms with Crippen molar-refractivity contribution in [3.63, 3.8) is 0 Å². The van der Waals surface area contributed by atoms with Gasteiger partial charge in [-0.25, -0.2) is 8.42 Å². The molecule has 208 valence electrons. The van der Waals surface area contributed by atoms with Crippen molar-refractivity contribution in [2.75, 3.05) is 24.2 Å². The second-order valence-corrected chi connectivity index (χ2v) is 12.1. The zero-order valence-corrected chi connectivity index (χ0v) is 24.6. The Morgan fingerprint density at radius 1 is 0.923 bits per heavy atom. The highest BCUT2D eigenvalue weighted by Crippen LogP contribution is 2.27.